The van der Waals surface area contributed by atoms with Gasteiger partial charge in [-0.3, -0.25) is 10.1 Å². The normalized spacial score (nSPS) is 23.0. The summed E-state index contributed by atoms with van der Waals surface area (Å²) in [5, 5.41) is 3.59. The monoisotopic (exact) mass is 465 g/mol. The van der Waals surface area contributed by atoms with E-state index >= 15 is 0 Å². The lowest BCUT2D eigenvalue weighted by Crippen LogP contribution is -2.59. The maximum atomic E-state index is 13.0. The minimum atomic E-state index is -3.53. The predicted octanol–water partition coefficient (Wildman–Crippen LogP) is 3.24. The number of carbonyl (C=O) groups excluding carboxylic acids is 1. The van der Waals surface area contributed by atoms with Crippen LogP contribution >= 0.6 is 34.7 Å². The van der Waals surface area contributed by atoms with Crippen LogP contribution in [-0.2, 0) is 14.8 Å². The van der Waals surface area contributed by atoms with E-state index in [4.69, 9.17) is 11.6 Å². The van der Waals surface area contributed by atoms with Crippen LogP contribution in [-0.4, -0.2) is 66.9 Å². The van der Waals surface area contributed by atoms with Crippen LogP contribution in [0.2, 0.25) is 4.34 Å². The Bertz CT molecular complexity index is 791. The summed E-state index contributed by atoms with van der Waals surface area (Å²) in [5.41, 5.74) is -0.422. The van der Waals surface area contributed by atoms with E-state index in [0.29, 0.717) is 30.3 Å². The maximum Gasteiger partial charge on any atom is 0.252 e. The van der Waals surface area contributed by atoms with Crippen molar-refractivity contribution in [1.82, 2.24) is 14.5 Å². The quantitative estimate of drug-likeness (QED) is 0.638. The lowest BCUT2D eigenvalue weighted by Gasteiger charge is -2.44. The number of piperidine rings is 1. The number of halogens is 1. The first-order chi connectivity index (χ1) is 13.3. The van der Waals surface area contributed by atoms with E-state index in [1.165, 1.54) is 4.31 Å². The molecular weight excluding hydrogens is 438 g/mol. The highest BCUT2D eigenvalue weighted by Gasteiger charge is 2.51. The van der Waals surface area contributed by atoms with Crippen molar-refractivity contribution in [3.8, 4) is 0 Å². The van der Waals surface area contributed by atoms with E-state index in [2.05, 4.69) is 12.2 Å². The first-order valence-electron chi connectivity index (χ1n) is 9.67. The van der Waals surface area contributed by atoms with Gasteiger partial charge in [0.25, 0.3) is 10.0 Å². The molecule has 2 aliphatic heterocycles. The minimum absolute atomic E-state index is 0.163. The summed E-state index contributed by atoms with van der Waals surface area (Å²) in [6.07, 6.45) is 6.05. The Morgan fingerprint density at radius 1 is 1.36 bits per heavy atom. The Hall–Kier alpha value is -0.320. The zero-order valence-corrected chi connectivity index (χ0v) is 19.5. The number of unbranched alkanes of at least 4 members (excludes halogenated alkanes) is 1. The second kappa shape index (κ2) is 9.22. The smallest absolute Gasteiger partial charge is 0.252 e. The first kappa shape index (κ1) is 22.4. The van der Waals surface area contributed by atoms with E-state index in [9.17, 15) is 13.2 Å². The number of nitrogens with zero attached hydrogens (tertiary/aromatic N) is 2. The molecule has 1 spiro atoms. The summed E-state index contributed by atoms with van der Waals surface area (Å²) in [4.78, 5) is 15.0. The van der Waals surface area contributed by atoms with Crippen molar-refractivity contribution in [1.29, 1.82) is 0 Å². The molecule has 2 saturated heterocycles. The Morgan fingerprint density at radius 2 is 2.07 bits per heavy atom. The van der Waals surface area contributed by atoms with Crippen molar-refractivity contribution in [2.45, 2.75) is 54.9 Å². The van der Waals surface area contributed by atoms with Crippen molar-refractivity contribution in [3.63, 3.8) is 0 Å². The molecule has 0 radical (unpaired) electrons. The highest BCUT2D eigenvalue weighted by Crippen LogP contribution is 2.36. The van der Waals surface area contributed by atoms with E-state index in [0.717, 1.165) is 42.9 Å². The molecule has 0 bridgehead atoms. The van der Waals surface area contributed by atoms with Gasteiger partial charge in [0.1, 0.15) is 4.21 Å². The van der Waals surface area contributed by atoms with E-state index in [1.807, 2.05) is 11.2 Å². The first-order valence-corrected chi connectivity index (χ1v) is 13.7. The number of rotatable bonds is 8. The zero-order valence-electron chi connectivity index (χ0n) is 16.3. The van der Waals surface area contributed by atoms with Crippen LogP contribution in [0.1, 0.15) is 39.0 Å². The van der Waals surface area contributed by atoms with E-state index in [1.54, 1.807) is 23.9 Å². The third kappa shape index (κ3) is 4.39. The summed E-state index contributed by atoms with van der Waals surface area (Å²) >= 11 is 8.75. The van der Waals surface area contributed by atoms with Crippen molar-refractivity contribution in [3.05, 3.63) is 16.5 Å². The standard InChI is InChI=1S/C18H28ClN3O3S3/c1-3-4-10-22-17(23)14(7-13-26-2)20-18(22)8-11-21(12-9-18)28(24,25)16-6-5-15(19)27-16/h5-6,14,20H,3-4,7-13H2,1-2H3. The number of nitrogens with one attached hydrogen (secondary N) is 1. The van der Waals surface area contributed by atoms with Crippen LogP contribution in [0, 0.1) is 0 Å². The number of thioether (sulfide) groups is 1. The summed E-state index contributed by atoms with van der Waals surface area (Å²) in [6, 6.07) is 3.02. The number of hydrogen-bond acceptors (Lipinski definition) is 6. The molecule has 28 heavy (non-hydrogen) atoms. The van der Waals surface area contributed by atoms with Gasteiger partial charge >= 0.3 is 0 Å². The fourth-order valence-corrected chi connectivity index (χ4v) is 7.56. The number of thiophene rings is 1. The van der Waals surface area contributed by atoms with Crippen LogP contribution < -0.4 is 5.32 Å². The van der Waals surface area contributed by atoms with Gasteiger partial charge in [0, 0.05) is 19.6 Å². The van der Waals surface area contributed by atoms with Gasteiger partial charge in [-0.15, -0.1) is 11.3 Å². The summed E-state index contributed by atoms with van der Waals surface area (Å²) in [5.74, 6) is 1.10. The SMILES string of the molecule is CCCCN1C(=O)C(CCSC)NC12CCN(S(=O)(=O)c1ccc(Cl)s1)CC2. The van der Waals surface area contributed by atoms with Crippen molar-refractivity contribution in [2.24, 2.45) is 0 Å². The molecule has 10 heteroatoms. The van der Waals surface area contributed by atoms with E-state index in [-0.39, 0.29) is 16.2 Å². The fraction of sp³-hybridized carbons (Fsp3) is 0.722. The Kier molecular flexibility index (Phi) is 7.37. The molecule has 0 aliphatic carbocycles. The molecule has 1 amide bonds. The van der Waals surface area contributed by atoms with Crippen molar-refractivity contribution in [2.75, 3.05) is 31.6 Å². The summed E-state index contributed by atoms with van der Waals surface area (Å²) < 4.78 is 28.1. The molecule has 0 saturated carbocycles. The minimum Gasteiger partial charge on any atom is -0.323 e. The van der Waals surface area contributed by atoms with Crippen molar-refractivity contribution < 1.29 is 13.2 Å². The molecule has 1 unspecified atom stereocenters. The maximum absolute atomic E-state index is 13.0. The predicted molar refractivity (Wildman–Crippen MR) is 117 cm³/mol. The van der Waals surface area contributed by atoms with Gasteiger partial charge in [-0.2, -0.15) is 16.1 Å². The molecule has 1 aromatic heterocycles. The summed E-state index contributed by atoms with van der Waals surface area (Å²) in [7, 11) is -3.53. The molecule has 3 heterocycles. The number of amides is 1. The molecule has 158 valence electrons. The third-order valence-corrected chi connectivity index (χ3v) is 9.80. The molecule has 1 N–H and O–H groups in total. The zero-order chi connectivity index (χ0) is 20.4. The van der Waals surface area contributed by atoms with Crippen LogP contribution in [0.25, 0.3) is 0 Å². The molecular formula is C18H28ClN3O3S3. The largest absolute Gasteiger partial charge is 0.323 e. The van der Waals surface area contributed by atoms with Crippen LogP contribution in [0.15, 0.2) is 16.3 Å². The van der Waals surface area contributed by atoms with Crippen molar-refractivity contribution >= 4 is 50.6 Å². The molecule has 6 nitrogen and oxygen atoms in total. The highest BCUT2D eigenvalue weighted by molar-refractivity contribution is 7.98. The molecule has 1 aromatic rings. The van der Waals surface area contributed by atoms with Gasteiger partial charge in [-0.1, -0.05) is 24.9 Å². The Morgan fingerprint density at radius 3 is 2.64 bits per heavy atom. The lowest BCUT2D eigenvalue weighted by atomic mass is 9.97. The highest BCUT2D eigenvalue weighted by atomic mass is 35.5. The van der Waals surface area contributed by atoms with Gasteiger partial charge in [0.2, 0.25) is 5.91 Å². The van der Waals surface area contributed by atoms with Gasteiger partial charge < -0.3 is 4.90 Å². The second-order valence-electron chi connectivity index (χ2n) is 7.32. The Labute approximate surface area is 181 Å². The van der Waals surface area contributed by atoms with Gasteiger partial charge in [-0.25, -0.2) is 8.42 Å². The molecule has 1 atom stereocenters. The molecule has 2 fully saturated rings. The average Bonchev–Trinajstić information content (AvgIpc) is 3.22. The van der Waals surface area contributed by atoms with E-state index < -0.39 is 15.7 Å². The lowest BCUT2D eigenvalue weighted by molar-refractivity contribution is -0.133. The topological polar surface area (TPSA) is 69.7 Å². The summed E-state index contributed by atoms with van der Waals surface area (Å²) in [6.45, 7) is 3.64. The molecule has 3 rings (SSSR count). The van der Waals surface area contributed by atoms with Gasteiger partial charge in [0.15, 0.2) is 0 Å². The molecule has 2 aliphatic rings. The molecule has 0 aromatic carbocycles. The van der Waals surface area contributed by atoms with Crippen LogP contribution in [0.3, 0.4) is 0 Å². The number of sulfonamides is 1. The second-order valence-corrected chi connectivity index (χ2v) is 12.2. The fourth-order valence-electron chi connectivity index (χ4n) is 4.01. The van der Waals surface area contributed by atoms with Gasteiger partial charge in [-0.05, 0) is 49.8 Å². The third-order valence-electron chi connectivity index (χ3n) is 5.56. The average molecular weight is 466 g/mol. The number of hydrogen-bond donors (Lipinski definition) is 1. The Balaban J connectivity index is 1.74. The van der Waals surface area contributed by atoms with Crippen LogP contribution in [0.5, 0.6) is 0 Å². The number of carbonyl (C=O) groups is 1. The van der Waals surface area contributed by atoms with Crippen LogP contribution in [0.4, 0.5) is 0 Å². The van der Waals surface area contributed by atoms with Gasteiger partial charge in [0.05, 0.1) is 16.0 Å².